The molecule has 1 unspecified atom stereocenters. The van der Waals surface area contributed by atoms with Gasteiger partial charge in [0.15, 0.2) is 11.5 Å². The van der Waals surface area contributed by atoms with Crippen LogP contribution in [0.5, 0.6) is 17.5 Å². The van der Waals surface area contributed by atoms with Crippen LogP contribution in [0, 0.1) is 0 Å². The number of nitrogens with zero attached hydrogens (tertiary/aromatic N) is 3. The second kappa shape index (κ2) is 7.84. The van der Waals surface area contributed by atoms with Crippen LogP contribution in [0.15, 0.2) is 36.7 Å². The van der Waals surface area contributed by atoms with Crippen LogP contribution in [0.3, 0.4) is 0 Å². The fourth-order valence-electron chi connectivity index (χ4n) is 3.03. The summed E-state index contributed by atoms with van der Waals surface area (Å²) in [6.45, 7) is 1.43. The Balaban J connectivity index is 1.36. The van der Waals surface area contributed by atoms with E-state index in [9.17, 15) is 4.79 Å². The summed E-state index contributed by atoms with van der Waals surface area (Å²) < 4.78 is 16.4. The van der Waals surface area contributed by atoms with Gasteiger partial charge in [-0.3, -0.25) is 4.79 Å². The molecule has 2 aliphatic rings. The van der Waals surface area contributed by atoms with Gasteiger partial charge < -0.3 is 19.1 Å². The molecule has 8 heteroatoms. The van der Waals surface area contributed by atoms with Crippen LogP contribution < -0.4 is 14.2 Å². The van der Waals surface area contributed by atoms with Crippen molar-refractivity contribution in [2.75, 3.05) is 19.9 Å². The molecule has 1 aromatic heterocycles. The summed E-state index contributed by atoms with van der Waals surface area (Å²) >= 11 is 5.78. The van der Waals surface area contributed by atoms with Gasteiger partial charge in [-0.15, -0.1) is 0 Å². The van der Waals surface area contributed by atoms with Gasteiger partial charge in [0, 0.05) is 12.6 Å². The van der Waals surface area contributed by atoms with E-state index >= 15 is 0 Å². The molecule has 3 heterocycles. The average molecular weight is 388 g/mol. The van der Waals surface area contributed by atoms with E-state index in [1.807, 2.05) is 18.2 Å². The smallest absolute Gasteiger partial charge is 0.316 e. The van der Waals surface area contributed by atoms with Gasteiger partial charge in [0.25, 0.3) is 0 Å². The number of aromatic nitrogens is 2. The first-order valence-corrected chi connectivity index (χ1v) is 9.06. The number of benzene rings is 1. The summed E-state index contributed by atoms with van der Waals surface area (Å²) in [5, 5.41) is 0.455. The number of carbonyl (C=O) groups is 1. The van der Waals surface area contributed by atoms with Crippen LogP contribution in [0.4, 0.5) is 0 Å². The summed E-state index contributed by atoms with van der Waals surface area (Å²) in [6, 6.07) is 5.85. The van der Waals surface area contributed by atoms with Crippen molar-refractivity contribution in [3.8, 4) is 17.5 Å². The van der Waals surface area contributed by atoms with E-state index in [1.165, 1.54) is 12.4 Å². The molecule has 2 aliphatic heterocycles. The number of likely N-dealkylation sites (tertiary alicyclic amines) is 1. The second-order valence-corrected chi connectivity index (χ2v) is 6.73. The Hall–Kier alpha value is -2.80. The number of carbonyl (C=O) groups excluding carboxylic acids is 1. The molecular weight excluding hydrogens is 370 g/mol. The largest absolute Gasteiger partial charge is 0.458 e. The molecule has 1 saturated heterocycles. The molecule has 0 N–H and O–H groups in total. The normalized spacial score (nSPS) is 18.7. The minimum atomic E-state index is -0.136. The highest BCUT2D eigenvalue weighted by Gasteiger charge is 2.24. The lowest BCUT2D eigenvalue weighted by Gasteiger charge is -2.31. The Bertz CT molecular complexity index is 857. The summed E-state index contributed by atoms with van der Waals surface area (Å²) in [5.41, 5.74) is 0.881. The molecule has 0 saturated carbocycles. The first kappa shape index (κ1) is 17.6. The van der Waals surface area contributed by atoms with Gasteiger partial charge in [0.1, 0.15) is 6.10 Å². The number of halogens is 1. The van der Waals surface area contributed by atoms with Gasteiger partial charge in [0.05, 0.1) is 24.0 Å². The Kier molecular flexibility index (Phi) is 5.11. The van der Waals surface area contributed by atoms with E-state index in [1.54, 1.807) is 17.1 Å². The number of rotatable bonds is 4. The quantitative estimate of drug-likeness (QED) is 0.751. The van der Waals surface area contributed by atoms with Crippen LogP contribution in [-0.2, 0) is 4.79 Å². The molecule has 7 nitrogen and oxygen atoms in total. The van der Waals surface area contributed by atoms with Crippen molar-refractivity contribution in [1.82, 2.24) is 14.9 Å². The predicted molar refractivity (Wildman–Crippen MR) is 98.9 cm³/mol. The van der Waals surface area contributed by atoms with E-state index in [0.29, 0.717) is 23.9 Å². The number of fused-ring (bicyclic) bond motifs is 1. The molecule has 0 radical (unpaired) electrons. The number of amides is 1. The first-order valence-electron chi connectivity index (χ1n) is 8.68. The highest BCUT2D eigenvalue weighted by atomic mass is 35.5. The summed E-state index contributed by atoms with van der Waals surface area (Å²) in [6.07, 6.45) is 7.90. The lowest BCUT2D eigenvalue weighted by Crippen LogP contribution is -2.43. The van der Waals surface area contributed by atoms with E-state index in [2.05, 4.69) is 9.97 Å². The Morgan fingerprint density at radius 1 is 1.26 bits per heavy atom. The Labute approximate surface area is 161 Å². The van der Waals surface area contributed by atoms with Crippen molar-refractivity contribution in [2.45, 2.75) is 18.9 Å². The van der Waals surface area contributed by atoms with Gasteiger partial charge in [-0.1, -0.05) is 17.7 Å². The van der Waals surface area contributed by atoms with Crippen molar-refractivity contribution in [3.05, 3.63) is 47.3 Å². The maximum absolute atomic E-state index is 12.5. The van der Waals surface area contributed by atoms with Crippen LogP contribution in [0.2, 0.25) is 5.02 Å². The molecule has 0 aliphatic carbocycles. The standard InChI is InChI=1S/C19H18ClN3O4/c20-14-9-21-19(22-10-14)27-15-2-1-7-23(11-15)18(24)6-4-13-3-5-16-17(8-13)26-12-25-16/h3-6,8-10,15H,1-2,7,11-12H2/b6-4+. The van der Waals surface area contributed by atoms with Crippen LogP contribution >= 0.6 is 11.6 Å². The van der Waals surface area contributed by atoms with Gasteiger partial charge in [-0.2, -0.15) is 0 Å². The third-order valence-corrected chi connectivity index (χ3v) is 4.57. The van der Waals surface area contributed by atoms with Crippen molar-refractivity contribution >= 4 is 23.6 Å². The van der Waals surface area contributed by atoms with Gasteiger partial charge >= 0.3 is 6.01 Å². The number of piperidine rings is 1. The fourth-order valence-corrected chi connectivity index (χ4v) is 3.13. The molecule has 0 spiro atoms. The Morgan fingerprint density at radius 3 is 2.93 bits per heavy atom. The third kappa shape index (κ3) is 4.31. The number of ether oxygens (including phenoxy) is 3. The van der Waals surface area contributed by atoms with Crippen LogP contribution in [0.25, 0.3) is 6.08 Å². The predicted octanol–water partition coefficient (Wildman–Crippen LogP) is 2.94. The number of hydrogen-bond donors (Lipinski definition) is 0. The van der Waals surface area contributed by atoms with E-state index in [4.69, 9.17) is 25.8 Å². The van der Waals surface area contributed by atoms with Crippen molar-refractivity contribution in [2.24, 2.45) is 0 Å². The molecule has 1 fully saturated rings. The van der Waals surface area contributed by atoms with E-state index in [0.717, 1.165) is 24.2 Å². The molecule has 4 rings (SSSR count). The van der Waals surface area contributed by atoms with Crippen LogP contribution in [-0.4, -0.2) is 46.8 Å². The van der Waals surface area contributed by atoms with Crippen molar-refractivity contribution in [1.29, 1.82) is 0 Å². The molecule has 1 aromatic carbocycles. The zero-order chi connectivity index (χ0) is 18.6. The summed E-state index contributed by atoms with van der Waals surface area (Å²) in [7, 11) is 0. The SMILES string of the molecule is O=C(/C=C/c1ccc2c(c1)OCO2)N1CCCC(Oc2ncc(Cl)cn2)C1. The first-order chi connectivity index (χ1) is 13.2. The minimum Gasteiger partial charge on any atom is -0.458 e. The van der Waals surface area contributed by atoms with Crippen molar-refractivity contribution in [3.63, 3.8) is 0 Å². The topological polar surface area (TPSA) is 73.8 Å². The van der Waals surface area contributed by atoms with Crippen LogP contribution in [0.1, 0.15) is 18.4 Å². The Morgan fingerprint density at radius 2 is 2.07 bits per heavy atom. The van der Waals surface area contributed by atoms with E-state index < -0.39 is 0 Å². The van der Waals surface area contributed by atoms with E-state index in [-0.39, 0.29) is 24.8 Å². The molecule has 140 valence electrons. The van der Waals surface area contributed by atoms with Crippen molar-refractivity contribution < 1.29 is 19.0 Å². The molecule has 1 atom stereocenters. The fraction of sp³-hybridized carbons (Fsp3) is 0.316. The molecule has 0 bridgehead atoms. The number of hydrogen-bond acceptors (Lipinski definition) is 6. The zero-order valence-electron chi connectivity index (χ0n) is 14.5. The van der Waals surface area contributed by atoms with Gasteiger partial charge in [0.2, 0.25) is 12.7 Å². The summed E-state index contributed by atoms with van der Waals surface area (Å²) in [5.74, 6) is 1.36. The maximum atomic E-state index is 12.5. The zero-order valence-corrected chi connectivity index (χ0v) is 15.3. The molecule has 27 heavy (non-hydrogen) atoms. The third-order valence-electron chi connectivity index (χ3n) is 4.37. The van der Waals surface area contributed by atoms with Gasteiger partial charge in [-0.25, -0.2) is 9.97 Å². The van der Waals surface area contributed by atoms with Gasteiger partial charge in [-0.05, 0) is 36.6 Å². The lowest BCUT2D eigenvalue weighted by molar-refractivity contribution is -0.128. The monoisotopic (exact) mass is 387 g/mol. The molecular formula is C19H18ClN3O4. The average Bonchev–Trinajstić information content (AvgIpc) is 3.16. The highest BCUT2D eigenvalue weighted by molar-refractivity contribution is 6.30. The summed E-state index contributed by atoms with van der Waals surface area (Å²) in [4.78, 5) is 22.4. The minimum absolute atomic E-state index is 0.0574. The highest BCUT2D eigenvalue weighted by Crippen LogP contribution is 2.32. The lowest BCUT2D eigenvalue weighted by atomic mass is 10.1. The molecule has 1 amide bonds. The second-order valence-electron chi connectivity index (χ2n) is 6.30. The maximum Gasteiger partial charge on any atom is 0.316 e. The molecule has 2 aromatic rings.